The highest BCUT2D eigenvalue weighted by Gasteiger charge is 2.38. The molecule has 2 N–H and O–H groups in total. The Morgan fingerprint density at radius 3 is 2.65 bits per heavy atom. The van der Waals surface area contributed by atoms with Crippen LogP contribution in [0.1, 0.15) is 51.6 Å². The molecule has 0 bridgehead atoms. The van der Waals surface area contributed by atoms with Gasteiger partial charge in [0.25, 0.3) is 0 Å². The van der Waals surface area contributed by atoms with E-state index in [1.54, 1.807) is 4.68 Å². The Kier molecular flexibility index (Phi) is 5.16. The van der Waals surface area contributed by atoms with Crippen LogP contribution in [-0.2, 0) is 13.6 Å². The van der Waals surface area contributed by atoms with Crippen LogP contribution < -0.4 is 5.73 Å². The molecule has 0 aliphatic heterocycles. The minimum absolute atomic E-state index is 0.167. The predicted octanol–water partition coefficient (Wildman–Crippen LogP) is 1.93. The lowest BCUT2D eigenvalue weighted by Gasteiger charge is -2.47. The lowest BCUT2D eigenvalue weighted by Crippen LogP contribution is -2.55. The average molecular weight is 279 g/mol. The number of nitrogens with two attached hydrogens (primary N) is 1. The second-order valence-corrected chi connectivity index (χ2v) is 6.42. The van der Waals surface area contributed by atoms with Gasteiger partial charge in [-0.15, -0.1) is 5.10 Å². The highest BCUT2D eigenvalue weighted by atomic mass is 15.4. The van der Waals surface area contributed by atoms with E-state index in [9.17, 15) is 0 Å². The van der Waals surface area contributed by atoms with Gasteiger partial charge in [-0.25, -0.2) is 0 Å². The van der Waals surface area contributed by atoms with E-state index in [0.717, 1.165) is 37.7 Å². The van der Waals surface area contributed by atoms with Crippen LogP contribution in [0.25, 0.3) is 0 Å². The number of nitrogens with zero attached hydrogens (tertiary/aromatic N) is 4. The molecule has 1 aromatic heterocycles. The summed E-state index contributed by atoms with van der Waals surface area (Å²) in [6.45, 7) is 7.29. The number of hydrogen-bond acceptors (Lipinski definition) is 4. The van der Waals surface area contributed by atoms with Gasteiger partial charge < -0.3 is 5.73 Å². The molecule has 0 spiro atoms. The van der Waals surface area contributed by atoms with Crippen LogP contribution in [0.15, 0.2) is 6.20 Å². The van der Waals surface area contributed by atoms with E-state index >= 15 is 0 Å². The predicted molar refractivity (Wildman–Crippen MR) is 81.1 cm³/mol. The van der Waals surface area contributed by atoms with Crippen molar-refractivity contribution in [2.75, 3.05) is 13.1 Å². The first-order valence-corrected chi connectivity index (χ1v) is 7.90. The van der Waals surface area contributed by atoms with Crippen molar-refractivity contribution < 1.29 is 0 Å². The SMILES string of the molecule is CCCN(Cc1cn(C)nn1)C1(CN)CCC(C)CC1. The van der Waals surface area contributed by atoms with Gasteiger partial charge in [0.1, 0.15) is 0 Å². The summed E-state index contributed by atoms with van der Waals surface area (Å²) in [4.78, 5) is 2.56. The van der Waals surface area contributed by atoms with E-state index < -0.39 is 0 Å². The largest absolute Gasteiger partial charge is 0.329 e. The van der Waals surface area contributed by atoms with Crippen molar-refractivity contribution in [3.63, 3.8) is 0 Å². The summed E-state index contributed by atoms with van der Waals surface area (Å²) in [6, 6.07) is 0. The molecule has 1 heterocycles. The molecule has 0 aromatic carbocycles. The Morgan fingerprint density at radius 2 is 2.15 bits per heavy atom. The van der Waals surface area contributed by atoms with Crippen molar-refractivity contribution >= 4 is 0 Å². The summed E-state index contributed by atoms with van der Waals surface area (Å²) in [6.07, 6.45) is 8.17. The summed E-state index contributed by atoms with van der Waals surface area (Å²) in [5, 5.41) is 8.29. The Hall–Kier alpha value is -0.940. The van der Waals surface area contributed by atoms with E-state index in [1.807, 2.05) is 13.2 Å². The molecule has 5 heteroatoms. The van der Waals surface area contributed by atoms with Gasteiger partial charge in [-0.1, -0.05) is 19.1 Å². The lowest BCUT2D eigenvalue weighted by atomic mass is 9.76. The van der Waals surface area contributed by atoms with Crippen LogP contribution >= 0.6 is 0 Å². The van der Waals surface area contributed by atoms with E-state index in [4.69, 9.17) is 5.73 Å². The van der Waals surface area contributed by atoms with Crippen LogP contribution in [0, 0.1) is 5.92 Å². The number of aryl methyl sites for hydroxylation is 1. The minimum Gasteiger partial charge on any atom is -0.329 e. The van der Waals surface area contributed by atoms with Gasteiger partial charge in [0.2, 0.25) is 0 Å². The van der Waals surface area contributed by atoms with Crippen LogP contribution in [0.2, 0.25) is 0 Å². The second-order valence-electron chi connectivity index (χ2n) is 6.42. The van der Waals surface area contributed by atoms with Crippen LogP contribution in [0.3, 0.4) is 0 Å². The molecule has 1 aliphatic carbocycles. The maximum Gasteiger partial charge on any atom is 0.0967 e. The zero-order valence-electron chi connectivity index (χ0n) is 13.2. The maximum absolute atomic E-state index is 6.19. The van der Waals surface area contributed by atoms with E-state index in [2.05, 4.69) is 29.1 Å². The molecule has 1 aliphatic rings. The Bertz CT molecular complexity index is 406. The first-order valence-electron chi connectivity index (χ1n) is 7.90. The summed E-state index contributed by atoms with van der Waals surface area (Å²) < 4.78 is 1.78. The van der Waals surface area contributed by atoms with Gasteiger partial charge in [-0.3, -0.25) is 9.58 Å². The molecule has 0 radical (unpaired) electrons. The number of aromatic nitrogens is 3. The quantitative estimate of drug-likeness (QED) is 0.864. The van der Waals surface area contributed by atoms with Crippen molar-refractivity contribution in [1.29, 1.82) is 0 Å². The highest BCUT2D eigenvalue weighted by molar-refractivity contribution is 5.00. The molecule has 0 unspecified atom stereocenters. The summed E-state index contributed by atoms with van der Waals surface area (Å²) >= 11 is 0. The molecular weight excluding hydrogens is 250 g/mol. The van der Waals surface area contributed by atoms with Gasteiger partial charge >= 0.3 is 0 Å². The zero-order chi connectivity index (χ0) is 14.6. The zero-order valence-corrected chi connectivity index (χ0v) is 13.2. The normalized spacial score (nSPS) is 27.1. The van der Waals surface area contributed by atoms with E-state index in [1.165, 1.54) is 25.7 Å². The van der Waals surface area contributed by atoms with Gasteiger partial charge in [0.15, 0.2) is 0 Å². The van der Waals surface area contributed by atoms with E-state index in [0.29, 0.717) is 0 Å². The summed E-state index contributed by atoms with van der Waals surface area (Å²) in [5.74, 6) is 0.842. The number of rotatable bonds is 6. The lowest BCUT2D eigenvalue weighted by molar-refractivity contribution is 0.0367. The second kappa shape index (κ2) is 6.68. The third-order valence-corrected chi connectivity index (χ3v) is 4.75. The molecule has 1 aromatic rings. The molecule has 114 valence electrons. The van der Waals surface area contributed by atoms with Crippen LogP contribution in [0.4, 0.5) is 0 Å². The fraction of sp³-hybridized carbons (Fsp3) is 0.867. The standard InChI is InChI=1S/C15H29N5/c1-4-9-20(11-14-10-19(3)18-17-14)15(12-16)7-5-13(2)6-8-15/h10,13H,4-9,11-12,16H2,1-3H3. The minimum atomic E-state index is 0.167. The molecule has 0 atom stereocenters. The van der Waals surface area contributed by atoms with Gasteiger partial charge in [-0.05, 0) is 44.6 Å². The Morgan fingerprint density at radius 1 is 1.45 bits per heavy atom. The van der Waals surface area contributed by atoms with Crippen molar-refractivity contribution in [3.8, 4) is 0 Å². The smallest absolute Gasteiger partial charge is 0.0967 e. The molecule has 20 heavy (non-hydrogen) atoms. The fourth-order valence-electron chi connectivity index (χ4n) is 3.37. The van der Waals surface area contributed by atoms with Crippen molar-refractivity contribution in [1.82, 2.24) is 19.9 Å². The van der Waals surface area contributed by atoms with Crippen LogP contribution in [-0.4, -0.2) is 38.5 Å². The van der Waals surface area contributed by atoms with Crippen LogP contribution in [0.5, 0.6) is 0 Å². The molecule has 2 rings (SSSR count). The van der Waals surface area contributed by atoms with Gasteiger partial charge in [0, 0.05) is 31.9 Å². The van der Waals surface area contributed by atoms with Crippen molar-refractivity contribution in [2.24, 2.45) is 18.7 Å². The summed E-state index contributed by atoms with van der Waals surface area (Å²) in [7, 11) is 1.92. The van der Waals surface area contributed by atoms with Crippen molar-refractivity contribution in [2.45, 2.75) is 58.0 Å². The van der Waals surface area contributed by atoms with Gasteiger partial charge in [-0.2, -0.15) is 0 Å². The molecule has 1 fully saturated rings. The molecule has 5 nitrogen and oxygen atoms in total. The van der Waals surface area contributed by atoms with E-state index in [-0.39, 0.29) is 5.54 Å². The highest BCUT2D eigenvalue weighted by Crippen LogP contribution is 2.36. The summed E-state index contributed by atoms with van der Waals surface area (Å²) in [5.41, 5.74) is 7.41. The Labute approximate surface area is 122 Å². The Balaban J connectivity index is 2.12. The average Bonchev–Trinajstić information content (AvgIpc) is 2.85. The number of hydrogen-bond donors (Lipinski definition) is 1. The molecule has 1 saturated carbocycles. The third kappa shape index (κ3) is 3.38. The van der Waals surface area contributed by atoms with Crippen molar-refractivity contribution in [3.05, 3.63) is 11.9 Å². The molecular formula is C15H29N5. The molecule has 0 saturated heterocycles. The fourth-order valence-corrected chi connectivity index (χ4v) is 3.37. The first kappa shape index (κ1) is 15.4. The maximum atomic E-state index is 6.19. The topological polar surface area (TPSA) is 60.0 Å². The third-order valence-electron chi connectivity index (χ3n) is 4.75. The monoisotopic (exact) mass is 279 g/mol. The van der Waals surface area contributed by atoms with Gasteiger partial charge in [0.05, 0.1) is 5.69 Å². The first-order chi connectivity index (χ1) is 9.59. The molecule has 0 amide bonds.